The molecule has 19 heavy (non-hydrogen) atoms. The fourth-order valence-corrected chi connectivity index (χ4v) is 2.16. The summed E-state index contributed by atoms with van der Waals surface area (Å²) in [6.07, 6.45) is 1.30. The van der Waals surface area contributed by atoms with E-state index in [1.165, 1.54) is 6.92 Å². The Balaban J connectivity index is 2.50. The van der Waals surface area contributed by atoms with Crippen LogP contribution in [-0.4, -0.2) is 27.9 Å². The molecule has 0 radical (unpaired) electrons. The summed E-state index contributed by atoms with van der Waals surface area (Å²) in [5.41, 5.74) is -0.586. The predicted octanol–water partition coefficient (Wildman–Crippen LogP) is 2.10. The number of carbonyl (C=O) groups is 2. The highest BCUT2D eigenvalue weighted by atomic mass is 19.1. The number of benzene rings is 1. The van der Waals surface area contributed by atoms with Crippen molar-refractivity contribution < 1.29 is 23.5 Å². The Kier molecular flexibility index (Phi) is 3.50. The Bertz CT molecular complexity index is 508. The van der Waals surface area contributed by atoms with Gasteiger partial charge in [0.1, 0.15) is 11.6 Å². The summed E-state index contributed by atoms with van der Waals surface area (Å²) in [6.45, 7) is 1.20. The molecule has 1 aliphatic rings. The van der Waals surface area contributed by atoms with Crippen LogP contribution in [0.4, 0.5) is 8.78 Å². The van der Waals surface area contributed by atoms with Crippen molar-refractivity contribution in [2.45, 2.75) is 31.8 Å². The van der Waals surface area contributed by atoms with Crippen LogP contribution >= 0.6 is 0 Å². The zero-order chi connectivity index (χ0) is 14.2. The number of hydrogen-bond acceptors (Lipinski definition) is 2. The van der Waals surface area contributed by atoms with Crippen molar-refractivity contribution >= 4 is 11.9 Å². The molecular formula is C13H13F2NO3. The smallest absolute Gasteiger partial charge is 0.331 e. The van der Waals surface area contributed by atoms with E-state index in [2.05, 4.69) is 0 Å². The molecule has 0 aromatic heterocycles. The zero-order valence-corrected chi connectivity index (χ0v) is 10.3. The summed E-state index contributed by atoms with van der Waals surface area (Å²) in [7, 11) is 0. The number of carbonyl (C=O) groups excluding carboxylic acids is 1. The lowest BCUT2D eigenvalue weighted by Crippen LogP contribution is -2.40. The highest BCUT2D eigenvalue weighted by Gasteiger charge is 2.42. The largest absolute Gasteiger partial charge is 0.479 e. The number of rotatable bonds is 4. The number of carboxylic acid groups (broad SMARTS) is 1. The first-order chi connectivity index (χ1) is 8.93. The summed E-state index contributed by atoms with van der Waals surface area (Å²) in [4.78, 5) is 24.0. The van der Waals surface area contributed by atoms with Gasteiger partial charge in [-0.25, -0.2) is 13.6 Å². The molecule has 0 spiro atoms. The highest BCUT2D eigenvalue weighted by molar-refractivity contribution is 5.84. The lowest BCUT2D eigenvalue weighted by Gasteiger charge is -2.28. The summed E-state index contributed by atoms with van der Waals surface area (Å²) in [5.74, 6) is -3.86. The average Bonchev–Trinajstić information content (AvgIpc) is 3.10. The summed E-state index contributed by atoms with van der Waals surface area (Å²) in [5, 5.41) is 9.24. The van der Waals surface area contributed by atoms with E-state index in [0.29, 0.717) is 12.8 Å². The standard InChI is InChI=1S/C13H13F2NO3/c1-7(17)16(8-5-6-8)12(13(18)19)11-9(14)3-2-4-10(11)15/h2-4,8,12H,5-6H2,1H3,(H,18,19). The number of amides is 1. The normalized spacial score (nSPS) is 15.9. The lowest BCUT2D eigenvalue weighted by atomic mass is 10.0. The van der Waals surface area contributed by atoms with Crippen LogP contribution in [0.3, 0.4) is 0 Å². The molecule has 4 nitrogen and oxygen atoms in total. The molecule has 1 atom stereocenters. The van der Waals surface area contributed by atoms with E-state index in [1.807, 2.05) is 0 Å². The van der Waals surface area contributed by atoms with E-state index in [-0.39, 0.29) is 6.04 Å². The molecule has 0 heterocycles. The van der Waals surface area contributed by atoms with Crippen LogP contribution in [0.5, 0.6) is 0 Å². The fourth-order valence-electron chi connectivity index (χ4n) is 2.16. The molecule has 102 valence electrons. The lowest BCUT2D eigenvalue weighted by molar-refractivity contribution is -0.150. The van der Waals surface area contributed by atoms with Gasteiger partial charge < -0.3 is 10.0 Å². The monoisotopic (exact) mass is 269 g/mol. The van der Waals surface area contributed by atoms with Crippen molar-refractivity contribution in [2.75, 3.05) is 0 Å². The average molecular weight is 269 g/mol. The summed E-state index contributed by atoms with van der Waals surface area (Å²) in [6, 6.07) is 1.25. The van der Waals surface area contributed by atoms with E-state index in [1.54, 1.807) is 0 Å². The Morgan fingerprint density at radius 1 is 1.32 bits per heavy atom. The molecule has 1 aliphatic carbocycles. The van der Waals surface area contributed by atoms with Crippen molar-refractivity contribution in [3.63, 3.8) is 0 Å². The summed E-state index contributed by atoms with van der Waals surface area (Å²) >= 11 is 0. The molecule has 6 heteroatoms. The Labute approximate surface area is 108 Å². The van der Waals surface area contributed by atoms with Gasteiger partial charge >= 0.3 is 5.97 Å². The van der Waals surface area contributed by atoms with Gasteiger partial charge in [-0.05, 0) is 25.0 Å². The third-order valence-corrected chi connectivity index (χ3v) is 3.09. The summed E-state index contributed by atoms with van der Waals surface area (Å²) < 4.78 is 27.5. The molecule has 2 rings (SSSR count). The molecule has 1 aromatic carbocycles. The third kappa shape index (κ3) is 2.57. The molecular weight excluding hydrogens is 256 g/mol. The number of halogens is 2. The second-order valence-electron chi connectivity index (χ2n) is 4.53. The van der Waals surface area contributed by atoms with Crippen LogP contribution in [0.25, 0.3) is 0 Å². The van der Waals surface area contributed by atoms with Gasteiger partial charge in [-0.3, -0.25) is 4.79 Å². The molecule has 1 fully saturated rings. The minimum Gasteiger partial charge on any atom is -0.479 e. The molecule has 0 bridgehead atoms. The first-order valence-electron chi connectivity index (χ1n) is 5.89. The zero-order valence-electron chi connectivity index (χ0n) is 10.3. The van der Waals surface area contributed by atoms with Crippen LogP contribution in [0.2, 0.25) is 0 Å². The Morgan fingerprint density at radius 2 is 1.84 bits per heavy atom. The quantitative estimate of drug-likeness (QED) is 0.910. The second-order valence-corrected chi connectivity index (χ2v) is 4.53. The molecule has 0 aliphatic heterocycles. The van der Waals surface area contributed by atoms with Gasteiger partial charge in [0, 0.05) is 13.0 Å². The molecule has 1 unspecified atom stereocenters. The fraction of sp³-hybridized carbons (Fsp3) is 0.385. The molecule has 1 aromatic rings. The first-order valence-corrected chi connectivity index (χ1v) is 5.89. The van der Waals surface area contributed by atoms with E-state index < -0.39 is 35.1 Å². The van der Waals surface area contributed by atoms with Crippen LogP contribution in [0.1, 0.15) is 31.4 Å². The number of nitrogens with zero attached hydrogens (tertiary/aromatic N) is 1. The van der Waals surface area contributed by atoms with Crippen LogP contribution in [0.15, 0.2) is 18.2 Å². The van der Waals surface area contributed by atoms with Gasteiger partial charge in [-0.1, -0.05) is 6.07 Å². The van der Waals surface area contributed by atoms with Gasteiger partial charge in [0.25, 0.3) is 0 Å². The van der Waals surface area contributed by atoms with Crippen molar-refractivity contribution in [1.82, 2.24) is 4.90 Å². The minimum absolute atomic E-state index is 0.252. The molecule has 0 saturated heterocycles. The highest BCUT2D eigenvalue weighted by Crippen LogP contribution is 2.36. The number of aliphatic carboxylic acids is 1. The van der Waals surface area contributed by atoms with Gasteiger partial charge in [-0.15, -0.1) is 0 Å². The minimum atomic E-state index is -1.62. The maximum Gasteiger partial charge on any atom is 0.331 e. The first kappa shape index (κ1) is 13.5. The maximum atomic E-state index is 13.7. The topological polar surface area (TPSA) is 57.6 Å². The van der Waals surface area contributed by atoms with Crippen LogP contribution in [0, 0.1) is 11.6 Å². The number of hydrogen-bond donors (Lipinski definition) is 1. The molecule has 1 amide bonds. The van der Waals surface area contributed by atoms with Crippen molar-refractivity contribution in [3.05, 3.63) is 35.4 Å². The maximum absolute atomic E-state index is 13.7. The van der Waals surface area contributed by atoms with E-state index in [9.17, 15) is 23.5 Å². The Morgan fingerprint density at radius 3 is 2.21 bits per heavy atom. The van der Waals surface area contributed by atoms with E-state index >= 15 is 0 Å². The van der Waals surface area contributed by atoms with Gasteiger partial charge in [0.05, 0.1) is 5.56 Å². The second kappa shape index (κ2) is 4.95. The Hall–Kier alpha value is -1.98. The van der Waals surface area contributed by atoms with Crippen LogP contribution < -0.4 is 0 Å². The SMILES string of the molecule is CC(=O)N(C1CC1)C(C(=O)O)c1c(F)cccc1F. The van der Waals surface area contributed by atoms with Crippen molar-refractivity contribution in [3.8, 4) is 0 Å². The molecule has 1 saturated carbocycles. The van der Waals surface area contributed by atoms with Gasteiger partial charge in [0.15, 0.2) is 6.04 Å². The van der Waals surface area contributed by atoms with Crippen molar-refractivity contribution in [2.24, 2.45) is 0 Å². The number of carboxylic acids is 1. The van der Waals surface area contributed by atoms with E-state index in [0.717, 1.165) is 23.1 Å². The van der Waals surface area contributed by atoms with Crippen molar-refractivity contribution in [1.29, 1.82) is 0 Å². The van der Waals surface area contributed by atoms with Gasteiger partial charge in [-0.2, -0.15) is 0 Å². The van der Waals surface area contributed by atoms with E-state index in [4.69, 9.17) is 0 Å². The third-order valence-electron chi connectivity index (χ3n) is 3.09. The van der Waals surface area contributed by atoms with Crippen LogP contribution in [-0.2, 0) is 9.59 Å². The van der Waals surface area contributed by atoms with Gasteiger partial charge in [0.2, 0.25) is 5.91 Å². The molecule has 1 N–H and O–H groups in total. The predicted molar refractivity (Wildman–Crippen MR) is 62.3 cm³/mol.